The number of amides is 1. The summed E-state index contributed by atoms with van der Waals surface area (Å²) in [5.74, 6) is -1.11. The lowest BCUT2D eigenvalue weighted by Crippen LogP contribution is -2.42. The number of aryl methyl sites for hydroxylation is 2. The van der Waals surface area contributed by atoms with Gasteiger partial charge < -0.3 is 9.88 Å². The van der Waals surface area contributed by atoms with E-state index >= 15 is 0 Å². The summed E-state index contributed by atoms with van der Waals surface area (Å²) in [6.07, 6.45) is 1.42. The van der Waals surface area contributed by atoms with E-state index < -0.39 is 29.5 Å². The minimum atomic E-state index is -0.652. The monoisotopic (exact) mass is 331 g/mol. The summed E-state index contributed by atoms with van der Waals surface area (Å²) in [5.41, 5.74) is -0.556. The lowest BCUT2D eigenvalue weighted by Gasteiger charge is -2.09. The van der Waals surface area contributed by atoms with E-state index in [0.717, 1.165) is 10.6 Å². The second-order valence-electron chi connectivity index (χ2n) is 5.32. The molecule has 3 aromatic rings. The Balaban J connectivity index is 1.98. The van der Waals surface area contributed by atoms with Crippen LogP contribution >= 0.6 is 0 Å². The van der Waals surface area contributed by atoms with E-state index in [9.17, 15) is 18.8 Å². The number of hydrogen-bond donors (Lipinski definition) is 1. The van der Waals surface area contributed by atoms with Gasteiger partial charge in [-0.25, -0.2) is 18.7 Å². The lowest BCUT2D eigenvalue weighted by atomic mass is 10.3. The summed E-state index contributed by atoms with van der Waals surface area (Å²) in [6, 6.07) is 5.33. The van der Waals surface area contributed by atoms with Gasteiger partial charge in [0.15, 0.2) is 11.2 Å². The molecule has 0 saturated carbocycles. The molecular weight excluding hydrogens is 317 g/mol. The number of anilines is 1. The van der Waals surface area contributed by atoms with E-state index in [1.807, 2.05) is 0 Å². The summed E-state index contributed by atoms with van der Waals surface area (Å²) in [7, 11) is 3.09. The van der Waals surface area contributed by atoms with Crippen LogP contribution in [0.2, 0.25) is 0 Å². The molecule has 0 aliphatic carbocycles. The highest BCUT2D eigenvalue weighted by Crippen LogP contribution is 2.09. The van der Waals surface area contributed by atoms with Gasteiger partial charge in [0.1, 0.15) is 12.4 Å². The third-order valence-electron chi connectivity index (χ3n) is 3.61. The van der Waals surface area contributed by atoms with Crippen molar-refractivity contribution in [3.8, 4) is 0 Å². The van der Waals surface area contributed by atoms with Gasteiger partial charge in [-0.3, -0.25) is 14.2 Å². The average Bonchev–Trinajstić information content (AvgIpc) is 2.91. The molecule has 9 heteroatoms. The molecule has 124 valence electrons. The molecular formula is C15H14FN5O3. The second-order valence-corrected chi connectivity index (χ2v) is 5.32. The van der Waals surface area contributed by atoms with Crippen molar-refractivity contribution in [3.63, 3.8) is 0 Å². The zero-order chi connectivity index (χ0) is 17.4. The van der Waals surface area contributed by atoms with Crippen molar-refractivity contribution in [2.75, 3.05) is 5.32 Å². The van der Waals surface area contributed by atoms with Crippen LogP contribution < -0.4 is 16.6 Å². The van der Waals surface area contributed by atoms with Gasteiger partial charge in [-0.15, -0.1) is 0 Å². The van der Waals surface area contributed by atoms with Crippen LogP contribution in [0.5, 0.6) is 0 Å². The molecule has 24 heavy (non-hydrogen) atoms. The highest BCUT2D eigenvalue weighted by Gasteiger charge is 2.17. The number of fused-ring (bicyclic) bond motifs is 1. The fourth-order valence-corrected chi connectivity index (χ4v) is 2.45. The van der Waals surface area contributed by atoms with E-state index in [0.29, 0.717) is 0 Å². The number of carbonyl (C=O) groups is 1. The van der Waals surface area contributed by atoms with Crippen molar-refractivity contribution in [3.05, 3.63) is 57.2 Å². The van der Waals surface area contributed by atoms with E-state index in [1.165, 1.54) is 40.7 Å². The molecule has 1 aromatic carbocycles. The van der Waals surface area contributed by atoms with Crippen molar-refractivity contribution in [2.24, 2.45) is 14.1 Å². The topological polar surface area (TPSA) is 90.9 Å². The maximum absolute atomic E-state index is 13.1. The van der Waals surface area contributed by atoms with E-state index in [4.69, 9.17) is 0 Å². The molecule has 3 rings (SSSR count). The van der Waals surface area contributed by atoms with E-state index in [1.54, 1.807) is 7.05 Å². The van der Waals surface area contributed by atoms with Gasteiger partial charge in [0, 0.05) is 19.8 Å². The van der Waals surface area contributed by atoms with Gasteiger partial charge in [0.05, 0.1) is 6.33 Å². The van der Waals surface area contributed by atoms with Crippen molar-refractivity contribution in [2.45, 2.75) is 6.54 Å². The molecule has 1 N–H and O–H groups in total. The molecule has 0 aliphatic rings. The van der Waals surface area contributed by atoms with E-state index in [2.05, 4.69) is 10.3 Å². The molecule has 0 radical (unpaired) electrons. The third-order valence-corrected chi connectivity index (χ3v) is 3.61. The molecule has 0 aliphatic heterocycles. The molecule has 2 aromatic heterocycles. The predicted molar refractivity (Wildman–Crippen MR) is 85.2 cm³/mol. The molecule has 8 nitrogen and oxygen atoms in total. The first-order valence-electron chi connectivity index (χ1n) is 7.04. The quantitative estimate of drug-likeness (QED) is 0.743. The number of imidazole rings is 1. The Hall–Kier alpha value is -3.23. The Morgan fingerprint density at radius 1 is 1.29 bits per heavy atom. The maximum atomic E-state index is 13.1. The van der Waals surface area contributed by atoms with Crippen molar-refractivity contribution in [1.82, 2.24) is 18.7 Å². The SMILES string of the molecule is Cn1cnc2c1c(=O)n(CC(=O)Nc1cccc(F)c1)c(=O)n2C. The summed E-state index contributed by atoms with van der Waals surface area (Å²) in [5, 5.41) is 2.45. The number of aromatic nitrogens is 4. The van der Waals surface area contributed by atoms with Crippen molar-refractivity contribution < 1.29 is 9.18 Å². The maximum Gasteiger partial charge on any atom is 0.332 e. The minimum Gasteiger partial charge on any atom is -0.328 e. The molecule has 0 bridgehead atoms. The van der Waals surface area contributed by atoms with Crippen LogP contribution in [0.3, 0.4) is 0 Å². The molecule has 0 fully saturated rings. The van der Waals surface area contributed by atoms with Gasteiger partial charge >= 0.3 is 5.69 Å². The van der Waals surface area contributed by atoms with Crippen LogP contribution in [0.25, 0.3) is 11.2 Å². The third kappa shape index (κ3) is 2.60. The molecule has 0 atom stereocenters. The summed E-state index contributed by atoms with van der Waals surface area (Å²) in [6.45, 7) is -0.483. The summed E-state index contributed by atoms with van der Waals surface area (Å²) >= 11 is 0. The molecule has 0 spiro atoms. The zero-order valence-corrected chi connectivity index (χ0v) is 13.0. The number of rotatable bonds is 3. The van der Waals surface area contributed by atoms with Crippen LogP contribution in [-0.4, -0.2) is 24.6 Å². The van der Waals surface area contributed by atoms with Crippen molar-refractivity contribution in [1.29, 1.82) is 0 Å². The first kappa shape index (κ1) is 15.7. The number of halogens is 1. The fraction of sp³-hybridized carbons (Fsp3) is 0.200. The Labute approximate surface area is 134 Å². The average molecular weight is 331 g/mol. The smallest absolute Gasteiger partial charge is 0.328 e. The first-order chi connectivity index (χ1) is 11.4. The molecule has 2 heterocycles. The zero-order valence-electron chi connectivity index (χ0n) is 13.0. The highest BCUT2D eigenvalue weighted by atomic mass is 19.1. The summed E-state index contributed by atoms with van der Waals surface area (Å²) < 4.78 is 16.6. The van der Waals surface area contributed by atoms with Gasteiger partial charge in [0.25, 0.3) is 5.56 Å². The van der Waals surface area contributed by atoms with Crippen LogP contribution in [-0.2, 0) is 25.4 Å². The Bertz CT molecular complexity index is 1060. The molecule has 0 unspecified atom stereocenters. The van der Waals surface area contributed by atoms with Crippen LogP contribution in [0, 0.1) is 5.82 Å². The normalized spacial score (nSPS) is 11.0. The second kappa shape index (κ2) is 5.76. The van der Waals surface area contributed by atoms with Gasteiger partial charge in [-0.05, 0) is 18.2 Å². The van der Waals surface area contributed by atoms with Gasteiger partial charge in [-0.2, -0.15) is 0 Å². The van der Waals surface area contributed by atoms with Gasteiger partial charge in [0.2, 0.25) is 5.91 Å². The number of hydrogen-bond acceptors (Lipinski definition) is 4. The van der Waals surface area contributed by atoms with Crippen molar-refractivity contribution >= 4 is 22.8 Å². The van der Waals surface area contributed by atoms with Crippen LogP contribution in [0.15, 0.2) is 40.2 Å². The number of benzene rings is 1. The predicted octanol–water partition coefficient (Wildman–Crippen LogP) is 0.211. The molecule has 1 amide bonds. The largest absolute Gasteiger partial charge is 0.332 e. The highest BCUT2D eigenvalue weighted by molar-refractivity contribution is 5.90. The minimum absolute atomic E-state index is 0.218. The van der Waals surface area contributed by atoms with Crippen LogP contribution in [0.1, 0.15) is 0 Å². The number of carbonyl (C=O) groups excluding carboxylic acids is 1. The Kier molecular flexibility index (Phi) is 3.76. The standard InChI is InChI=1S/C15H14FN5O3/c1-19-8-17-13-12(19)14(23)21(15(24)20(13)2)7-11(22)18-10-5-3-4-9(16)6-10/h3-6,8H,7H2,1-2H3,(H,18,22). The summed E-state index contributed by atoms with van der Waals surface area (Å²) in [4.78, 5) is 40.9. The van der Waals surface area contributed by atoms with E-state index in [-0.39, 0.29) is 16.9 Å². The number of nitrogens with one attached hydrogen (secondary N) is 1. The fourth-order valence-electron chi connectivity index (χ4n) is 2.45. The Morgan fingerprint density at radius 2 is 2.04 bits per heavy atom. The lowest BCUT2D eigenvalue weighted by molar-refractivity contribution is -0.116. The van der Waals surface area contributed by atoms with Gasteiger partial charge in [-0.1, -0.05) is 6.07 Å². The molecule has 0 saturated heterocycles. The first-order valence-corrected chi connectivity index (χ1v) is 7.04. The number of nitrogens with zero attached hydrogens (tertiary/aromatic N) is 4. The Morgan fingerprint density at radius 3 is 2.75 bits per heavy atom. The van der Waals surface area contributed by atoms with Crippen LogP contribution in [0.4, 0.5) is 10.1 Å².